The largest absolute Gasteiger partial charge is 0.330 e. The van der Waals surface area contributed by atoms with Crippen molar-refractivity contribution < 1.29 is 0 Å². The molecular weight excluding hydrogens is 304 g/mol. The van der Waals surface area contributed by atoms with Crippen LogP contribution in [-0.4, -0.2) is 19.1 Å². The van der Waals surface area contributed by atoms with E-state index in [1.807, 2.05) is 18.2 Å². The molecule has 2 aromatic heterocycles. The van der Waals surface area contributed by atoms with Gasteiger partial charge in [-0.3, -0.25) is 9.13 Å². The van der Waals surface area contributed by atoms with Crippen LogP contribution >= 0.6 is 24.0 Å². The fourth-order valence-corrected chi connectivity index (χ4v) is 3.14. The van der Waals surface area contributed by atoms with E-state index >= 15 is 0 Å². The number of H-pyrrole nitrogens is 1. The number of aryl methyl sites for hydroxylation is 1. The predicted molar refractivity (Wildman–Crippen MR) is 87.1 cm³/mol. The second-order valence-electron chi connectivity index (χ2n) is 4.72. The Morgan fingerprint density at radius 2 is 1.95 bits per heavy atom. The third-order valence-corrected chi connectivity index (χ3v) is 4.71. The smallest absolute Gasteiger partial charge is 0.329 e. The molecule has 1 aromatic carbocycles. The maximum atomic E-state index is 12.0. The number of benzene rings is 1. The number of nitrogens with one attached hydrogen (secondary N) is 1. The first-order chi connectivity index (χ1) is 10.1. The summed E-state index contributed by atoms with van der Waals surface area (Å²) in [5.74, 6) is 0.813. The Morgan fingerprint density at radius 3 is 2.67 bits per heavy atom. The summed E-state index contributed by atoms with van der Waals surface area (Å²) < 4.78 is 3.43. The van der Waals surface area contributed by atoms with Gasteiger partial charge in [-0.15, -0.1) is 0 Å². The van der Waals surface area contributed by atoms with Crippen LogP contribution in [0.25, 0.3) is 11.2 Å². The summed E-state index contributed by atoms with van der Waals surface area (Å²) in [4.78, 5) is 19.7. The number of aromatic amines is 1. The summed E-state index contributed by atoms with van der Waals surface area (Å²) in [6.07, 6.45) is 0. The molecule has 3 aromatic rings. The maximum absolute atomic E-state index is 12.0. The number of fused-ring (bicyclic) bond motifs is 1. The summed E-state index contributed by atoms with van der Waals surface area (Å²) in [5.41, 5.74) is 2.38. The topological polar surface area (TPSA) is 55.6 Å². The van der Waals surface area contributed by atoms with Crippen LogP contribution in [0.3, 0.4) is 0 Å². The quantitative estimate of drug-likeness (QED) is 0.596. The molecule has 0 saturated carbocycles. The van der Waals surface area contributed by atoms with Crippen LogP contribution in [0, 0.1) is 4.64 Å². The van der Waals surface area contributed by atoms with Crippen LogP contribution < -0.4 is 5.69 Å². The zero-order valence-corrected chi connectivity index (χ0v) is 13.3. The van der Waals surface area contributed by atoms with E-state index in [-0.39, 0.29) is 5.69 Å². The predicted octanol–water partition coefficient (Wildman–Crippen LogP) is 2.62. The molecule has 108 valence electrons. The van der Waals surface area contributed by atoms with Gasteiger partial charge in [0, 0.05) is 19.8 Å². The Kier molecular flexibility index (Phi) is 3.69. The first-order valence-corrected chi connectivity index (χ1v) is 7.80. The number of nitrogens with zero attached hydrogens (tertiary/aromatic N) is 3. The van der Waals surface area contributed by atoms with Crippen molar-refractivity contribution >= 4 is 35.1 Å². The van der Waals surface area contributed by atoms with Crippen molar-refractivity contribution in [3.63, 3.8) is 0 Å². The van der Waals surface area contributed by atoms with Crippen molar-refractivity contribution in [3.8, 4) is 0 Å². The fourth-order valence-electron chi connectivity index (χ4n) is 2.10. The molecule has 0 unspecified atom stereocenters. The highest BCUT2D eigenvalue weighted by Gasteiger charge is 2.11. The monoisotopic (exact) mass is 318 g/mol. The van der Waals surface area contributed by atoms with Crippen molar-refractivity contribution in [1.82, 2.24) is 19.1 Å². The molecule has 1 N–H and O–H groups in total. The lowest BCUT2D eigenvalue weighted by molar-refractivity contribution is 0.721. The van der Waals surface area contributed by atoms with Gasteiger partial charge in [0.25, 0.3) is 0 Å². The highest BCUT2D eigenvalue weighted by Crippen LogP contribution is 2.22. The van der Waals surface area contributed by atoms with Gasteiger partial charge in [0.05, 0.1) is 0 Å². The van der Waals surface area contributed by atoms with Gasteiger partial charge in [0.2, 0.25) is 0 Å². The molecule has 3 rings (SSSR count). The van der Waals surface area contributed by atoms with E-state index in [0.29, 0.717) is 10.3 Å². The van der Waals surface area contributed by atoms with Crippen LogP contribution in [0.1, 0.15) is 5.56 Å². The van der Waals surface area contributed by atoms with Crippen molar-refractivity contribution in [2.75, 3.05) is 0 Å². The molecule has 2 heterocycles. The van der Waals surface area contributed by atoms with Crippen LogP contribution in [-0.2, 0) is 19.8 Å². The summed E-state index contributed by atoms with van der Waals surface area (Å²) in [5, 5.41) is 0.765. The number of rotatable bonds is 3. The number of hydrogen-bond acceptors (Lipinski definition) is 4. The van der Waals surface area contributed by atoms with Crippen LogP contribution in [0.5, 0.6) is 0 Å². The molecule has 21 heavy (non-hydrogen) atoms. The first-order valence-electron chi connectivity index (χ1n) is 6.40. The van der Waals surface area contributed by atoms with E-state index in [4.69, 9.17) is 12.2 Å². The van der Waals surface area contributed by atoms with E-state index in [9.17, 15) is 4.79 Å². The van der Waals surface area contributed by atoms with E-state index in [1.54, 1.807) is 25.9 Å². The third kappa shape index (κ3) is 2.54. The molecule has 0 aliphatic carbocycles. The molecule has 7 heteroatoms. The minimum Gasteiger partial charge on any atom is -0.329 e. The molecule has 5 nitrogen and oxygen atoms in total. The number of imidazole rings is 1. The van der Waals surface area contributed by atoms with Crippen LogP contribution in [0.2, 0.25) is 0 Å². The summed E-state index contributed by atoms with van der Waals surface area (Å²) in [7, 11) is 3.37. The number of hydrogen-bond donors (Lipinski definition) is 1. The highest BCUT2D eigenvalue weighted by atomic mass is 32.2. The summed E-state index contributed by atoms with van der Waals surface area (Å²) in [6, 6.07) is 10.2. The first kappa shape index (κ1) is 14.1. The maximum Gasteiger partial charge on any atom is 0.330 e. The van der Waals surface area contributed by atoms with E-state index in [2.05, 4.69) is 22.1 Å². The molecule has 0 aliphatic rings. The Hall–Kier alpha value is -1.86. The normalized spacial score (nSPS) is 11.1. The van der Waals surface area contributed by atoms with Gasteiger partial charge in [-0.25, -0.2) is 9.78 Å². The lowest BCUT2D eigenvalue weighted by Gasteiger charge is -2.02. The molecule has 0 atom stereocenters. The molecule has 0 fully saturated rings. The fraction of sp³-hybridized carbons (Fsp3) is 0.214. The third-order valence-electron chi connectivity index (χ3n) is 3.29. The SMILES string of the molecule is Cn1c(=S)c2[nH]c(SCc3ccccc3)nc2n(C)c1=O. The van der Waals surface area contributed by atoms with E-state index < -0.39 is 0 Å². The van der Waals surface area contributed by atoms with Gasteiger partial charge in [-0.2, -0.15) is 0 Å². The average Bonchev–Trinajstić information content (AvgIpc) is 2.94. The van der Waals surface area contributed by atoms with Crippen molar-refractivity contribution in [3.05, 3.63) is 51.0 Å². The Morgan fingerprint density at radius 1 is 1.24 bits per heavy atom. The minimum absolute atomic E-state index is 0.168. The number of aromatic nitrogens is 4. The molecule has 0 spiro atoms. The van der Waals surface area contributed by atoms with Gasteiger partial charge in [-0.1, -0.05) is 54.3 Å². The van der Waals surface area contributed by atoms with Crippen molar-refractivity contribution in [2.45, 2.75) is 10.9 Å². The van der Waals surface area contributed by atoms with Gasteiger partial charge < -0.3 is 4.98 Å². The lowest BCUT2D eigenvalue weighted by Crippen LogP contribution is -2.27. The molecule has 0 amide bonds. The molecule has 0 saturated heterocycles. The van der Waals surface area contributed by atoms with Gasteiger partial charge in [0.15, 0.2) is 10.8 Å². The van der Waals surface area contributed by atoms with Gasteiger partial charge >= 0.3 is 5.69 Å². The molecular formula is C14H14N4OS2. The van der Waals surface area contributed by atoms with E-state index in [0.717, 1.165) is 16.4 Å². The minimum atomic E-state index is -0.168. The second-order valence-corrected chi connectivity index (χ2v) is 6.07. The van der Waals surface area contributed by atoms with Crippen LogP contribution in [0.15, 0.2) is 40.3 Å². The standard InChI is InChI=1S/C14H14N4OS2/c1-17-11-10(12(20)18(2)14(17)19)15-13(16-11)21-8-9-6-4-3-5-7-9/h3-7H,8H2,1-2H3,(H,15,16). The summed E-state index contributed by atoms with van der Waals surface area (Å²) in [6.45, 7) is 0. The lowest BCUT2D eigenvalue weighted by atomic mass is 10.2. The molecule has 0 aliphatic heterocycles. The zero-order chi connectivity index (χ0) is 15.0. The van der Waals surface area contributed by atoms with Crippen LogP contribution in [0.4, 0.5) is 0 Å². The molecule has 0 bridgehead atoms. The Balaban J connectivity index is 1.99. The zero-order valence-electron chi connectivity index (χ0n) is 11.7. The second kappa shape index (κ2) is 5.50. The van der Waals surface area contributed by atoms with Gasteiger partial charge in [-0.05, 0) is 5.56 Å². The molecule has 0 radical (unpaired) electrons. The summed E-state index contributed by atoms with van der Waals surface area (Å²) >= 11 is 6.89. The van der Waals surface area contributed by atoms with Crippen molar-refractivity contribution in [1.29, 1.82) is 0 Å². The average molecular weight is 318 g/mol. The number of thioether (sulfide) groups is 1. The van der Waals surface area contributed by atoms with Gasteiger partial charge in [0.1, 0.15) is 10.2 Å². The highest BCUT2D eigenvalue weighted by molar-refractivity contribution is 7.98. The Bertz CT molecular complexity index is 908. The van der Waals surface area contributed by atoms with E-state index in [1.165, 1.54) is 14.7 Å². The Labute approximate surface area is 130 Å². The van der Waals surface area contributed by atoms with Crippen molar-refractivity contribution in [2.24, 2.45) is 14.1 Å².